The van der Waals surface area contributed by atoms with Crippen molar-refractivity contribution in [3.8, 4) is 6.07 Å². The molecule has 0 radical (unpaired) electrons. The van der Waals surface area contributed by atoms with Crippen LogP contribution < -0.4 is 0 Å². The lowest BCUT2D eigenvalue weighted by atomic mass is 9.80. The Hall–Kier alpha value is -2.42. The Kier molecular flexibility index (Phi) is 4.39. The van der Waals surface area contributed by atoms with E-state index in [1.807, 2.05) is 15.9 Å². The molecule has 4 aliphatic rings. The maximum absolute atomic E-state index is 13.1. The number of rotatable bonds is 3. The highest BCUT2D eigenvalue weighted by Gasteiger charge is 2.37. The van der Waals surface area contributed by atoms with Gasteiger partial charge >= 0.3 is 0 Å². The second kappa shape index (κ2) is 6.83. The summed E-state index contributed by atoms with van der Waals surface area (Å²) in [5.74, 6) is 0.166. The van der Waals surface area contributed by atoms with E-state index in [1.165, 1.54) is 0 Å². The van der Waals surface area contributed by atoms with E-state index >= 15 is 0 Å². The highest BCUT2D eigenvalue weighted by Crippen LogP contribution is 2.40. The Labute approximate surface area is 148 Å². The van der Waals surface area contributed by atoms with Crippen molar-refractivity contribution in [2.24, 2.45) is 15.9 Å². The number of likely N-dealkylation sites (tertiary alicyclic amines) is 1. The molecule has 1 aliphatic carbocycles. The fourth-order valence-electron chi connectivity index (χ4n) is 3.95. The van der Waals surface area contributed by atoms with Crippen LogP contribution in [0.1, 0.15) is 38.5 Å². The van der Waals surface area contributed by atoms with Gasteiger partial charge in [0.2, 0.25) is 0 Å². The highest BCUT2D eigenvalue weighted by molar-refractivity contribution is 5.99. The van der Waals surface area contributed by atoms with Crippen LogP contribution in [-0.2, 0) is 4.79 Å². The minimum atomic E-state index is -0.106. The summed E-state index contributed by atoms with van der Waals surface area (Å²) in [5.41, 5.74) is 2.20. The van der Waals surface area contributed by atoms with E-state index in [1.54, 1.807) is 12.6 Å². The van der Waals surface area contributed by atoms with Crippen LogP contribution >= 0.6 is 0 Å². The lowest BCUT2D eigenvalue weighted by molar-refractivity contribution is -0.127. The smallest absolute Gasteiger partial charge is 0.266 e. The molecule has 3 aliphatic heterocycles. The zero-order valence-corrected chi connectivity index (χ0v) is 14.4. The molecule has 0 bridgehead atoms. The van der Waals surface area contributed by atoms with Gasteiger partial charge in [0.1, 0.15) is 17.7 Å². The van der Waals surface area contributed by atoms with Crippen LogP contribution in [-0.4, -0.2) is 53.9 Å². The van der Waals surface area contributed by atoms with E-state index in [0.717, 1.165) is 63.0 Å². The first-order valence-corrected chi connectivity index (χ1v) is 9.25. The van der Waals surface area contributed by atoms with Crippen LogP contribution in [0.2, 0.25) is 0 Å². The first-order valence-electron chi connectivity index (χ1n) is 9.25. The van der Waals surface area contributed by atoms with E-state index in [0.29, 0.717) is 12.1 Å². The van der Waals surface area contributed by atoms with Gasteiger partial charge < -0.3 is 9.80 Å². The van der Waals surface area contributed by atoms with Gasteiger partial charge in [0.25, 0.3) is 5.91 Å². The van der Waals surface area contributed by atoms with Crippen LogP contribution in [0.5, 0.6) is 0 Å². The maximum Gasteiger partial charge on any atom is 0.266 e. The molecule has 0 N–H and O–H groups in total. The van der Waals surface area contributed by atoms with Crippen molar-refractivity contribution < 1.29 is 4.79 Å². The van der Waals surface area contributed by atoms with Gasteiger partial charge in [-0.05, 0) is 38.2 Å². The third-order valence-electron chi connectivity index (χ3n) is 5.59. The molecule has 0 aromatic rings. The number of hydrogen-bond acceptors (Lipinski definition) is 5. The van der Waals surface area contributed by atoms with Gasteiger partial charge in [-0.25, -0.2) is 0 Å². The van der Waals surface area contributed by atoms with Gasteiger partial charge in [0.05, 0.1) is 24.3 Å². The van der Waals surface area contributed by atoms with Crippen molar-refractivity contribution in [2.45, 2.75) is 44.6 Å². The summed E-state index contributed by atoms with van der Waals surface area (Å²) in [5, 5.41) is 9.85. The number of carbonyl (C=O) groups excluding carboxylic acids is 1. The van der Waals surface area contributed by atoms with Crippen LogP contribution in [0.4, 0.5) is 0 Å². The van der Waals surface area contributed by atoms with Crippen molar-refractivity contribution in [1.29, 1.82) is 5.26 Å². The standard InChI is InChI=1S/C19H23N5O/c20-11-15(19(25)23-9-2-1-3-10-23)18(14-5-4-6-14)24-13-22-16-12-21-8-7-17(16)24/h7-8,13-14,16H,1-6,9-10,12H2. The summed E-state index contributed by atoms with van der Waals surface area (Å²) >= 11 is 0. The predicted molar refractivity (Wildman–Crippen MR) is 96.0 cm³/mol. The van der Waals surface area contributed by atoms with Crippen LogP contribution in [0, 0.1) is 17.2 Å². The number of dihydropyridines is 1. The Morgan fingerprint density at radius 3 is 2.68 bits per heavy atom. The monoisotopic (exact) mass is 337 g/mol. The number of nitrogens with zero attached hydrogens (tertiary/aromatic N) is 5. The Bertz CT molecular complexity index is 717. The number of nitriles is 1. The molecule has 1 unspecified atom stereocenters. The number of hydrogen-bond donors (Lipinski definition) is 0. The molecule has 0 aromatic carbocycles. The van der Waals surface area contributed by atoms with Crippen molar-refractivity contribution in [2.75, 3.05) is 19.6 Å². The maximum atomic E-state index is 13.1. The topological polar surface area (TPSA) is 72.1 Å². The molecule has 2 fully saturated rings. The van der Waals surface area contributed by atoms with Gasteiger partial charge in [-0.3, -0.25) is 14.8 Å². The molecule has 1 saturated heterocycles. The van der Waals surface area contributed by atoms with E-state index in [4.69, 9.17) is 0 Å². The van der Waals surface area contributed by atoms with Gasteiger partial charge in [-0.1, -0.05) is 6.42 Å². The average Bonchev–Trinajstić information content (AvgIpc) is 3.04. The summed E-state index contributed by atoms with van der Waals surface area (Å²) in [6.07, 6.45) is 12.0. The zero-order chi connectivity index (χ0) is 17.2. The fraction of sp³-hybridized carbons (Fsp3) is 0.579. The second-order valence-electron chi connectivity index (χ2n) is 7.11. The predicted octanol–water partition coefficient (Wildman–Crippen LogP) is 2.26. The Balaban J connectivity index is 1.71. The molecule has 0 spiro atoms. The molecule has 3 heterocycles. The molecule has 4 rings (SSSR count). The number of aliphatic imine (C=N–C) groups is 2. The first-order chi connectivity index (χ1) is 12.3. The molecular weight excluding hydrogens is 314 g/mol. The number of carbonyl (C=O) groups is 1. The van der Waals surface area contributed by atoms with E-state index in [-0.39, 0.29) is 17.9 Å². The molecule has 25 heavy (non-hydrogen) atoms. The molecule has 0 aromatic heterocycles. The van der Waals surface area contributed by atoms with Gasteiger partial charge in [-0.15, -0.1) is 0 Å². The fourth-order valence-corrected chi connectivity index (χ4v) is 3.95. The number of allylic oxidation sites excluding steroid dienone is 2. The lowest BCUT2D eigenvalue weighted by Crippen LogP contribution is -2.39. The minimum absolute atomic E-state index is 0.0186. The molecule has 6 nitrogen and oxygen atoms in total. The SMILES string of the molecule is N#CC(C(=O)N1CCCCC1)=C(C1CCC1)N1C=NC2CN=CC=C21. The molecule has 130 valence electrons. The minimum Gasteiger partial charge on any atom is -0.338 e. The normalized spacial score (nSPS) is 26.5. The van der Waals surface area contributed by atoms with Crippen molar-refractivity contribution in [3.05, 3.63) is 23.0 Å². The van der Waals surface area contributed by atoms with Gasteiger partial charge in [-0.2, -0.15) is 5.26 Å². The molecule has 6 heteroatoms. The lowest BCUT2D eigenvalue weighted by Gasteiger charge is -2.36. The summed E-state index contributed by atoms with van der Waals surface area (Å²) in [7, 11) is 0. The first kappa shape index (κ1) is 16.1. The van der Waals surface area contributed by atoms with Crippen LogP contribution in [0.3, 0.4) is 0 Å². The summed E-state index contributed by atoms with van der Waals surface area (Å²) in [6, 6.07) is 2.26. The quantitative estimate of drug-likeness (QED) is 0.586. The van der Waals surface area contributed by atoms with Crippen molar-refractivity contribution in [1.82, 2.24) is 9.80 Å². The second-order valence-corrected chi connectivity index (χ2v) is 7.11. The average molecular weight is 337 g/mol. The van der Waals surface area contributed by atoms with E-state index in [2.05, 4.69) is 16.1 Å². The van der Waals surface area contributed by atoms with Crippen LogP contribution in [0.25, 0.3) is 0 Å². The van der Waals surface area contributed by atoms with Crippen molar-refractivity contribution in [3.63, 3.8) is 0 Å². The number of amides is 1. The molecule has 1 amide bonds. The van der Waals surface area contributed by atoms with Crippen LogP contribution in [0.15, 0.2) is 33.0 Å². The summed E-state index contributed by atoms with van der Waals surface area (Å²) < 4.78 is 0. The highest BCUT2D eigenvalue weighted by atomic mass is 16.2. The van der Waals surface area contributed by atoms with E-state index in [9.17, 15) is 10.1 Å². The van der Waals surface area contributed by atoms with Gasteiger partial charge in [0.15, 0.2) is 0 Å². The summed E-state index contributed by atoms with van der Waals surface area (Å²) in [4.78, 5) is 25.7. The van der Waals surface area contributed by atoms with Gasteiger partial charge in [0, 0.05) is 25.2 Å². The third kappa shape index (κ3) is 2.88. The zero-order valence-electron chi connectivity index (χ0n) is 14.4. The molecular formula is C19H23N5O. The Morgan fingerprint density at radius 1 is 1.20 bits per heavy atom. The number of fused-ring (bicyclic) bond motifs is 1. The van der Waals surface area contributed by atoms with E-state index < -0.39 is 0 Å². The van der Waals surface area contributed by atoms with Crippen molar-refractivity contribution >= 4 is 18.5 Å². The Morgan fingerprint density at radius 2 is 2.00 bits per heavy atom. The number of piperidine rings is 1. The molecule has 1 saturated carbocycles. The molecule has 1 atom stereocenters. The summed E-state index contributed by atoms with van der Waals surface area (Å²) in [6.45, 7) is 2.15. The largest absolute Gasteiger partial charge is 0.338 e. The third-order valence-corrected chi connectivity index (χ3v) is 5.59.